The molecule has 2 aliphatic rings. The molecule has 2 fully saturated rings. The highest BCUT2D eigenvalue weighted by molar-refractivity contribution is 5.75. The number of aliphatic carboxylic acids is 1. The molecule has 11 atom stereocenters. The van der Waals surface area contributed by atoms with Crippen molar-refractivity contribution >= 4 is 29.4 Å². The number of esters is 1. The standard InChI is InChI=1S/C27H37N3O17/c1-11(31)28-19-16(34)8-27(26(39)40,47-24(19)21(36)17(35)9-43-13(3)33)44-10-18-22(37)23(38)20(29-12(2)32)25(46-18)45-15-6-4-14(5-7-15)30(41)42/h4-7,16-25,34-38H,8-10H2,1-3H3,(H,28,31)(H,29,32)(H,39,40)/p-1/t16-,17-,18?,19-,20?,21-,22+,23?,24?,25-,27-/m1/s1. The first kappa shape index (κ1) is 37.4. The summed E-state index contributed by atoms with van der Waals surface area (Å²) in [4.78, 5) is 57.6. The minimum Gasteiger partial charge on any atom is -0.544 e. The smallest absolute Gasteiger partial charge is 0.302 e. The molecular weight excluding hydrogens is 638 g/mol. The van der Waals surface area contributed by atoms with Gasteiger partial charge in [0.05, 0.1) is 23.7 Å². The molecule has 4 unspecified atom stereocenters. The number of nitrogens with zero attached hydrogens (tertiary/aromatic N) is 1. The summed E-state index contributed by atoms with van der Waals surface area (Å²) in [5, 5.41) is 81.8. The molecule has 0 aromatic heterocycles. The van der Waals surface area contributed by atoms with E-state index >= 15 is 0 Å². The van der Waals surface area contributed by atoms with E-state index in [4.69, 9.17) is 18.9 Å². The lowest BCUT2D eigenvalue weighted by Crippen LogP contribution is -2.70. The molecule has 2 amide bonds. The number of carboxylic acid groups (broad SMARTS) is 1. The molecule has 0 aliphatic carbocycles. The summed E-state index contributed by atoms with van der Waals surface area (Å²) in [6.07, 6.45) is -15.5. The van der Waals surface area contributed by atoms with Gasteiger partial charge < -0.3 is 69.8 Å². The Morgan fingerprint density at radius 1 is 1.02 bits per heavy atom. The highest BCUT2D eigenvalue weighted by atomic mass is 16.7. The number of non-ortho nitro benzene ring substituents is 1. The van der Waals surface area contributed by atoms with Crippen LogP contribution in [0.4, 0.5) is 5.69 Å². The zero-order valence-electron chi connectivity index (χ0n) is 25.3. The van der Waals surface area contributed by atoms with Crippen molar-refractivity contribution in [1.29, 1.82) is 0 Å². The van der Waals surface area contributed by atoms with Gasteiger partial charge in [0.2, 0.25) is 23.9 Å². The van der Waals surface area contributed by atoms with Gasteiger partial charge in [0.25, 0.3) is 5.69 Å². The average Bonchev–Trinajstić information content (AvgIpc) is 2.99. The Balaban J connectivity index is 1.87. The number of rotatable bonds is 13. The van der Waals surface area contributed by atoms with Gasteiger partial charge in [0.15, 0.2) is 0 Å². The Kier molecular flexibility index (Phi) is 12.5. The van der Waals surface area contributed by atoms with Crippen LogP contribution in [-0.2, 0) is 38.1 Å². The molecule has 262 valence electrons. The van der Waals surface area contributed by atoms with Crippen molar-refractivity contribution < 1.29 is 78.4 Å². The number of aliphatic hydroxyl groups excluding tert-OH is 5. The highest BCUT2D eigenvalue weighted by Gasteiger charge is 2.54. The fourth-order valence-corrected chi connectivity index (χ4v) is 5.02. The van der Waals surface area contributed by atoms with Crippen LogP contribution in [0.25, 0.3) is 0 Å². The number of amides is 2. The number of carbonyl (C=O) groups is 4. The zero-order chi connectivity index (χ0) is 35.2. The SMILES string of the molecule is CC(=O)NC1C(O)[C@@H](O)C(CO[C@]2(C(=O)[O-])C[C@@H](O)[C@@H](NC(C)=O)C([C@H](O)[C@H](O)COC(C)=O)O2)O[C@H]1Oc1ccc([N+](=O)[O-])cc1. The van der Waals surface area contributed by atoms with Crippen LogP contribution >= 0.6 is 0 Å². The quantitative estimate of drug-likeness (QED) is 0.0587. The molecular formula is C27H36N3O17-. The lowest BCUT2D eigenvalue weighted by molar-refractivity contribution is -0.386. The number of carbonyl (C=O) groups excluding carboxylic acids is 4. The molecule has 20 nitrogen and oxygen atoms in total. The third-order valence-corrected chi connectivity index (χ3v) is 7.29. The van der Waals surface area contributed by atoms with Crippen LogP contribution in [0.1, 0.15) is 27.2 Å². The fraction of sp³-hybridized carbons (Fsp3) is 0.630. The van der Waals surface area contributed by atoms with Gasteiger partial charge in [-0.15, -0.1) is 0 Å². The van der Waals surface area contributed by atoms with Crippen LogP contribution in [0.3, 0.4) is 0 Å². The van der Waals surface area contributed by atoms with Crippen molar-refractivity contribution in [1.82, 2.24) is 10.6 Å². The third-order valence-electron chi connectivity index (χ3n) is 7.29. The van der Waals surface area contributed by atoms with E-state index in [1.807, 2.05) is 0 Å². The molecule has 0 radical (unpaired) electrons. The normalized spacial score (nSPS) is 31.9. The third kappa shape index (κ3) is 9.29. The molecule has 0 saturated carbocycles. The first-order valence-electron chi connectivity index (χ1n) is 14.1. The van der Waals surface area contributed by atoms with E-state index in [0.717, 1.165) is 32.9 Å². The van der Waals surface area contributed by atoms with Crippen molar-refractivity contribution in [2.45, 2.75) is 94.1 Å². The van der Waals surface area contributed by atoms with Gasteiger partial charge in [-0.25, -0.2) is 0 Å². The van der Waals surface area contributed by atoms with Gasteiger partial charge in [0.1, 0.15) is 61.0 Å². The summed E-state index contributed by atoms with van der Waals surface area (Å²) in [6, 6.07) is 1.69. The number of nitro benzene ring substituents is 1. The number of nitro groups is 1. The summed E-state index contributed by atoms with van der Waals surface area (Å²) in [5.41, 5.74) is -0.271. The predicted molar refractivity (Wildman–Crippen MR) is 147 cm³/mol. The van der Waals surface area contributed by atoms with Crippen LogP contribution in [0.15, 0.2) is 24.3 Å². The lowest BCUT2D eigenvalue weighted by Gasteiger charge is -2.49. The Labute approximate surface area is 266 Å². The molecule has 0 bridgehead atoms. The summed E-state index contributed by atoms with van der Waals surface area (Å²) in [7, 11) is 0. The largest absolute Gasteiger partial charge is 0.544 e. The van der Waals surface area contributed by atoms with E-state index in [1.54, 1.807) is 0 Å². The summed E-state index contributed by atoms with van der Waals surface area (Å²) >= 11 is 0. The van der Waals surface area contributed by atoms with Gasteiger partial charge in [-0.3, -0.25) is 24.5 Å². The molecule has 7 N–H and O–H groups in total. The molecule has 47 heavy (non-hydrogen) atoms. The van der Waals surface area contributed by atoms with E-state index in [0.29, 0.717) is 0 Å². The minimum atomic E-state index is -2.92. The Morgan fingerprint density at radius 2 is 1.62 bits per heavy atom. The molecule has 0 spiro atoms. The van der Waals surface area contributed by atoms with Crippen LogP contribution in [0.2, 0.25) is 0 Å². The van der Waals surface area contributed by atoms with Crippen molar-refractivity contribution in [2.75, 3.05) is 13.2 Å². The molecule has 2 aliphatic heterocycles. The monoisotopic (exact) mass is 674 g/mol. The number of benzene rings is 1. The van der Waals surface area contributed by atoms with E-state index in [1.165, 1.54) is 12.1 Å². The van der Waals surface area contributed by atoms with Gasteiger partial charge in [0, 0.05) is 39.3 Å². The maximum atomic E-state index is 12.4. The Morgan fingerprint density at radius 3 is 2.15 bits per heavy atom. The molecule has 2 saturated heterocycles. The highest BCUT2D eigenvalue weighted by Crippen LogP contribution is 2.34. The number of carboxylic acids is 1. The number of ether oxygens (including phenoxy) is 5. The van der Waals surface area contributed by atoms with Gasteiger partial charge in [-0.2, -0.15) is 0 Å². The van der Waals surface area contributed by atoms with Crippen LogP contribution in [0.5, 0.6) is 5.75 Å². The first-order valence-corrected chi connectivity index (χ1v) is 14.1. The maximum Gasteiger partial charge on any atom is 0.302 e. The fourth-order valence-electron chi connectivity index (χ4n) is 5.02. The van der Waals surface area contributed by atoms with Crippen LogP contribution in [-0.4, -0.2) is 134 Å². The molecule has 20 heteroatoms. The summed E-state index contributed by atoms with van der Waals surface area (Å²) in [5.74, 6) is -7.24. The summed E-state index contributed by atoms with van der Waals surface area (Å²) < 4.78 is 27.1. The van der Waals surface area contributed by atoms with E-state index in [-0.39, 0.29) is 11.4 Å². The number of nitrogens with one attached hydrogen (secondary N) is 2. The Bertz CT molecular complexity index is 1300. The van der Waals surface area contributed by atoms with Crippen molar-refractivity contribution in [2.24, 2.45) is 0 Å². The number of hydrogen-bond donors (Lipinski definition) is 7. The van der Waals surface area contributed by atoms with Crippen molar-refractivity contribution in [3.05, 3.63) is 34.4 Å². The second kappa shape index (κ2) is 15.7. The second-order valence-electron chi connectivity index (χ2n) is 10.9. The van der Waals surface area contributed by atoms with Gasteiger partial charge >= 0.3 is 5.97 Å². The van der Waals surface area contributed by atoms with E-state index in [2.05, 4.69) is 15.4 Å². The topological polar surface area (TPSA) is 306 Å². The van der Waals surface area contributed by atoms with Crippen LogP contribution < -0.4 is 20.5 Å². The first-order chi connectivity index (χ1) is 21.9. The molecule has 1 aromatic carbocycles. The van der Waals surface area contributed by atoms with E-state index < -0.39 is 115 Å². The van der Waals surface area contributed by atoms with Gasteiger partial charge in [-0.05, 0) is 12.1 Å². The zero-order valence-corrected chi connectivity index (χ0v) is 25.3. The molecule has 2 heterocycles. The van der Waals surface area contributed by atoms with Crippen molar-refractivity contribution in [3.8, 4) is 5.75 Å². The Hall–Kier alpha value is -4.02. The molecule has 1 aromatic rings. The van der Waals surface area contributed by atoms with Crippen LogP contribution in [0, 0.1) is 10.1 Å². The molecule has 3 rings (SSSR count). The maximum absolute atomic E-state index is 12.4. The van der Waals surface area contributed by atoms with Crippen molar-refractivity contribution in [3.63, 3.8) is 0 Å². The number of hydrogen-bond acceptors (Lipinski definition) is 17. The van der Waals surface area contributed by atoms with E-state index in [9.17, 15) is 59.9 Å². The van der Waals surface area contributed by atoms with Gasteiger partial charge in [-0.1, -0.05) is 0 Å². The average molecular weight is 675 g/mol. The minimum absolute atomic E-state index is 0.0164. The number of aliphatic hydroxyl groups is 5. The second-order valence-corrected chi connectivity index (χ2v) is 10.9. The summed E-state index contributed by atoms with van der Waals surface area (Å²) in [6.45, 7) is 1.49. The lowest BCUT2D eigenvalue weighted by atomic mass is 9.88. The predicted octanol–water partition coefficient (Wildman–Crippen LogP) is -4.67.